The molecule has 0 saturated carbocycles. The van der Waals surface area contributed by atoms with Gasteiger partial charge in [0.25, 0.3) is 17.0 Å². The number of carbonyl (C=O) groups excluding carboxylic acids is 2. The second-order valence-corrected chi connectivity index (χ2v) is 8.82. The van der Waals surface area contributed by atoms with Crippen molar-refractivity contribution in [3.8, 4) is 0 Å². The number of aromatic nitrogens is 3. The third-order valence-corrected chi connectivity index (χ3v) is 6.47. The standard InChI is InChI=1S/C23H14F3N5O4S/c1-11-19(33)28-22-31(29-11)21(35)18(36-22)17-14-7-2-3-8-15(14)30(20(17)34)10-16(32)27-13-6-4-5-12(9-13)23(24,25)26/h2-9H,10H2,1H3,(H,27,32)/b18-17-. The summed E-state index contributed by atoms with van der Waals surface area (Å²) < 4.78 is 39.9. The number of anilines is 2. The monoisotopic (exact) mass is 513 g/mol. The van der Waals surface area contributed by atoms with Crippen LogP contribution >= 0.6 is 11.3 Å². The SMILES string of the molecule is Cc1nn2c(=O)/c(=C3/C(=O)N(CC(=O)Nc4cccc(C(F)(F)F)c4)c4ccccc43)sc2nc1=O. The normalized spacial score (nSPS) is 14.9. The molecule has 0 bridgehead atoms. The Labute approximate surface area is 203 Å². The summed E-state index contributed by atoms with van der Waals surface area (Å²) in [4.78, 5) is 56.0. The quantitative estimate of drug-likeness (QED) is 0.447. The highest BCUT2D eigenvalue weighted by atomic mass is 32.1. The Balaban J connectivity index is 1.53. The Hall–Kier alpha value is -4.39. The number of hydrogen-bond acceptors (Lipinski definition) is 7. The number of benzene rings is 2. The summed E-state index contributed by atoms with van der Waals surface area (Å²) >= 11 is 0.824. The van der Waals surface area contributed by atoms with E-state index in [1.165, 1.54) is 13.0 Å². The van der Waals surface area contributed by atoms with Gasteiger partial charge in [-0.25, -0.2) is 0 Å². The predicted octanol–water partition coefficient (Wildman–Crippen LogP) is 1.74. The molecule has 36 heavy (non-hydrogen) atoms. The summed E-state index contributed by atoms with van der Waals surface area (Å²) in [6, 6.07) is 10.6. The number of halogens is 3. The fraction of sp³-hybridized carbons (Fsp3) is 0.130. The van der Waals surface area contributed by atoms with Crippen LogP contribution in [0.2, 0.25) is 0 Å². The van der Waals surface area contributed by atoms with Crippen LogP contribution in [0.15, 0.2) is 58.1 Å². The summed E-state index contributed by atoms with van der Waals surface area (Å²) in [5.41, 5.74) is -1.48. The Morgan fingerprint density at radius 3 is 2.58 bits per heavy atom. The number of amides is 2. The first kappa shape index (κ1) is 23.4. The summed E-state index contributed by atoms with van der Waals surface area (Å²) in [6.45, 7) is 0.897. The maximum Gasteiger partial charge on any atom is 0.416 e. The van der Waals surface area contributed by atoms with Crippen LogP contribution in [-0.4, -0.2) is 33.0 Å². The van der Waals surface area contributed by atoms with E-state index in [0.717, 1.165) is 39.0 Å². The molecule has 2 aromatic heterocycles. The van der Waals surface area contributed by atoms with Crippen molar-refractivity contribution in [2.45, 2.75) is 13.1 Å². The van der Waals surface area contributed by atoms with Crippen LogP contribution in [0.5, 0.6) is 0 Å². The molecule has 0 spiro atoms. The predicted molar refractivity (Wildman–Crippen MR) is 125 cm³/mol. The van der Waals surface area contributed by atoms with E-state index in [-0.39, 0.29) is 26.4 Å². The fourth-order valence-electron chi connectivity index (χ4n) is 3.81. The molecule has 1 aliphatic heterocycles. The van der Waals surface area contributed by atoms with Gasteiger partial charge in [-0.2, -0.15) is 27.8 Å². The van der Waals surface area contributed by atoms with Gasteiger partial charge in [-0.1, -0.05) is 35.6 Å². The number of para-hydroxylation sites is 1. The number of alkyl halides is 3. The van der Waals surface area contributed by atoms with Crippen LogP contribution in [0, 0.1) is 6.92 Å². The molecule has 4 aromatic rings. The van der Waals surface area contributed by atoms with Crippen molar-refractivity contribution in [3.05, 3.63) is 90.6 Å². The molecule has 0 fully saturated rings. The summed E-state index contributed by atoms with van der Waals surface area (Å²) in [6.07, 6.45) is -4.58. The van der Waals surface area contributed by atoms with Crippen molar-refractivity contribution >= 4 is 45.1 Å². The Morgan fingerprint density at radius 2 is 1.83 bits per heavy atom. The molecule has 3 heterocycles. The number of aryl methyl sites for hydroxylation is 1. The van der Waals surface area contributed by atoms with E-state index < -0.39 is 41.2 Å². The van der Waals surface area contributed by atoms with Gasteiger partial charge < -0.3 is 5.32 Å². The van der Waals surface area contributed by atoms with Gasteiger partial charge in [-0.05, 0) is 31.2 Å². The van der Waals surface area contributed by atoms with Crippen LogP contribution in [-0.2, 0) is 15.8 Å². The Morgan fingerprint density at radius 1 is 1.08 bits per heavy atom. The number of thiazole rings is 1. The highest BCUT2D eigenvalue weighted by molar-refractivity contribution is 7.15. The lowest BCUT2D eigenvalue weighted by Crippen LogP contribution is -2.37. The van der Waals surface area contributed by atoms with Crippen molar-refractivity contribution in [1.82, 2.24) is 14.6 Å². The molecule has 182 valence electrons. The summed E-state index contributed by atoms with van der Waals surface area (Å²) in [5, 5.41) is 6.32. The van der Waals surface area contributed by atoms with Crippen molar-refractivity contribution in [3.63, 3.8) is 0 Å². The molecular weight excluding hydrogens is 499 g/mol. The van der Waals surface area contributed by atoms with E-state index in [9.17, 15) is 32.3 Å². The topological polar surface area (TPSA) is 114 Å². The molecule has 13 heteroatoms. The maximum absolute atomic E-state index is 13.4. The zero-order chi connectivity index (χ0) is 25.8. The molecule has 0 atom stereocenters. The number of nitrogens with zero attached hydrogens (tertiary/aromatic N) is 4. The highest BCUT2D eigenvalue weighted by Crippen LogP contribution is 2.35. The third-order valence-electron chi connectivity index (χ3n) is 5.44. The van der Waals surface area contributed by atoms with E-state index in [0.29, 0.717) is 11.3 Å². The van der Waals surface area contributed by atoms with Gasteiger partial charge in [0.15, 0.2) is 0 Å². The minimum absolute atomic E-state index is 0.00163. The molecule has 1 N–H and O–H groups in total. The molecule has 0 radical (unpaired) electrons. The number of hydrogen-bond donors (Lipinski definition) is 1. The van der Waals surface area contributed by atoms with Gasteiger partial charge in [0, 0.05) is 11.3 Å². The lowest BCUT2D eigenvalue weighted by Gasteiger charge is -2.17. The third kappa shape index (κ3) is 3.92. The van der Waals surface area contributed by atoms with Gasteiger partial charge in [0.1, 0.15) is 16.8 Å². The van der Waals surface area contributed by atoms with Crippen molar-refractivity contribution in [2.75, 3.05) is 16.8 Å². The molecule has 1 aliphatic rings. The van der Waals surface area contributed by atoms with E-state index in [1.807, 2.05) is 0 Å². The van der Waals surface area contributed by atoms with Crippen LogP contribution in [0.4, 0.5) is 24.5 Å². The van der Waals surface area contributed by atoms with Gasteiger partial charge in [-0.3, -0.25) is 24.1 Å². The zero-order valence-corrected chi connectivity index (χ0v) is 19.1. The molecule has 5 rings (SSSR count). The Kier molecular flexibility index (Phi) is 5.43. The van der Waals surface area contributed by atoms with Crippen LogP contribution in [0.1, 0.15) is 16.8 Å². The minimum Gasteiger partial charge on any atom is -0.325 e. The van der Waals surface area contributed by atoms with Crippen LogP contribution in [0.3, 0.4) is 0 Å². The molecule has 2 aromatic carbocycles. The lowest BCUT2D eigenvalue weighted by atomic mass is 10.1. The number of fused-ring (bicyclic) bond motifs is 2. The smallest absolute Gasteiger partial charge is 0.325 e. The molecule has 0 unspecified atom stereocenters. The first-order valence-electron chi connectivity index (χ1n) is 10.4. The molecular formula is C23H14F3N5O4S. The summed E-state index contributed by atoms with van der Waals surface area (Å²) in [7, 11) is 0. The van der Waals surface area contributed by atoms with Crippen molar-refractivity contribution in [1.29, 1.82) is 0 Å². The van der Waals surface area contributed by atoms with Crippen molar-refractivity contribution < 1.29 is 22.8 Å². The minimum atomic E-state index is -4.58. The number of carbonyl (C=O) groups is 2. The number of rotatable bonds is 3. The van der Waals surface area contributed by atoms with E-state index in [1.54, 1.807) is 24.3 Å². The van der Waals surface area contributed by atoms with Gasteiger partial charge in [0.05, 0.1) is 16.8 Å². The van der Waals surface area contributed by atoms with E-state index in [4.69, 9.17) is 0 Å². The first-order valence-corrected chi connectivity index (χ1v) is 11.2. The second-order valence-electron chi connectivity index (χ2n) is 7.84. The largest absolute Gasteiger partial charge is 0.416 e. The van der Waals surface area contributed by atoms with Gasteiger partial charge >= 0.3 is 6.18 Å². The highest BCUT2D eigenvalue weighted by Gasteiger charge is 2.35. The maximum atomic E-state index is 13.4. The van der Waals surface area contributed by atoms with E-state index in [2.05, 4.69) is 15.4 Å². The molecule has 0 aliphatic carbocycles. The molecule has 0 saturated heterocycles. The van der Waals surface area contributed by atoms with Crippen molar-refractivity contribution in [2.24, 2.45) is 0 Å². The van der Waals surface area contributed by atoms with Gasteiger partial charge in [-0.15, -0.1) is 0 Å². The molecule has 2 amide bonds. The van der Waals surface area contributed by atoms with E-state index >= 15 is 0 Å². The second kappa shape index (κ2) is 8.37. The van der Waals surface area contributed by atoms with Crippen LogP contribution in [0.25, 0.3) is 10.5 Å². The fourth-order valence-corrected chi connectivity index (χ4v) is 4.81. The van der Waals surface area contributed by atoms with Crippen LogP contribution < -0.4 is 25.9 Å². The first-order chi connectivity index (χ1) is 17.0. The summed E-state index contributed by atoms with van der Waals surface area (Å²) in [5.74, 6) is -1.39. The average molecular weight is 513 g/mol. The molecule has 9 nitrogen and oxygen atoms in total. The zero-order valence-electron chi connectivity index (χ0n) is 18.3. The van der Waals surface area contributed by atoms with Gasteiger partial charge in [0.2, 0.25) is 10.9 Å². The number of nitrogens with one attached hydrogen (secondary N) is 1. The lowest BCUT2D eigenvalue weighted by molar-refractivity contribution is -0.137. The Bertz CT molecular complexity index is 1750. The average Bonchev–Trinajstić information content (AvgIpc) is 3.27.